The van der Waals surface area contributed by atoms with E-state index in [2.05, 4.69) is 0 Å². The Morgan fingerprint density at radius 3 is 2.50 bits per heavy atom. The third kappa shape index (κ3) is 2.22. The van der Waals surface area contributed by atoms with Gasteiger partial charge >= 0.3 is 0 Å². The van der Waals surface area contributed by atoms with Crippen molar-refractivity contribution in [3.05, 3.63) is 53.9 Å². The molecule has 1 aliphatic heterocycles. The van der Waals surface area contributed by atoms with Gasteiger partial charge in [0.1, 0.15) is 5.82 Å². The van der Waals surface area contributed by atoms with E-state index in [1.54, 1.807) is 18.2 Å². The lowest BCUT2D eigenvalue weighted by Gasteiger charge is -2.12. The van der Waals surface area contributed by atoms with E-state index >= 15 is 0 Å². The molecule has 1 aromatic rings. The molecule has 0 bridgehead atoms. The van der Waals surface area contributed by atoms with Crippen LogP contribution in [-0.2, 0) is 9.59 Å². The van der Waals surface area contributed by atoms with Crippen LogP contribution in [0.5, 0.6) is 0 Å². The minimum absolute atomic E-state index is 0.0839. The van der Waals surface area contributed by atoms with Gasteiger partial charge in [-0.05, 0) is 31.2 Å². The minimum atomic E-state index is -0.400. The zero-order valence-electron chi connectivity index (χ0n) is 9.89. The largest absolute Gasteiger partial charge is 0.274 e. The van der Waals surface area contributed by atoms with Crippen molar-refractivity contribution in [1.82, 2.24) is 0 Å². The highest BCUT2D eigenvalue weighted by Gasteiger charge is 2.34. The molecule has 0 spiro atoms. The Morgan fingerprint density at radius 1 is 1.22 bits per heavy atom. The minimum Gasteiger partial charge on any atom is -0.274 e. The molecular weight excluding hydrogens is 233 g/mol. The Balaban J connectivity index is 2.32. The number of amides is 2. The highest BCUT2D eigenvalue weighted by atomic mass is 19.1. The third-order valence-electron chi connectivity index (χ3n) is 2.64. The van der Waals surface area contributed by atoms with Crippen LogP contribution in [0.15, 0.2) is 48.1 Å². The van der Waals surface area contributed by atoms with Gasteiger partial charge in [-0.1, -0.05) is 18.2 Å². The molecule has 3 nitrogen and oxygen atoms in total. The number of hydrogen-bond acceptors (Lipinski definition) is 2. The SMILES string of the molecule is CC=CC=C1CC(=O)N(c2ccc(F)cc2)C1=O. The number of carbonyl (C=O) groups excluding carboxylic acids is 2. The highest BCUT2D eigenvalue weighted by Crippen LogP contribution is 2.26. The summed E-state index contributed by atoms with van der Waals surface area (Å²) in [6, 6.07) is 5.29. The van der Waals surface area contributed by atoms with Crippen molar-refractivity contribution in [3.63, 3.8) is 0 Å². The Bertz CT molecular complexity index is 543. The molecule has 2 rings (SSSR count). The fourth-order valence-electron chi connectivity index (χ4n) is 1.77. The van der Waals surface area contributed by atoms with E-state index in [1.165, 1.54) is 24.3 Å². The molecule has 1 saturated heterocycles. The molecule has 0 aromatic heterocycles. The van der Waals surface area contributed by atoms with Crippen molar-refractivity contribution in [2.75, 3.05) is 4.90 Å². The van der Waals surface area contributed by atoms with Crippen LogP contribution in [0.1, 0.15) is 13.3 Å². The second-order valence-corrected chi connectivity index (χ2v) is 3.91. The van der Waals surface area contributed by atoms with Crippen molar-refractivity contribution in [3.8, 4) is 0 Å². The van der Waals surface area contributed by atoms with Crippen LogP contribution in [0.25, 0.3) is 0 Å². The summed E-state index contributed by atoms with van der Waals surface area (Å²) >= 11 is 0. The lowest BCUT2D eigenvalue weighted by Crippen LogP contribution is -2.28. The Morgan fingerprint density at radius 2 is 1.89 bits per heavy atom. The standard InChI is InChI=1S/C14H12FNO2/c1-2-3-4-10-9-13(17)16(14(10)18)12-7-5-11(15)6-8-12/h2-8H,9H2,1H3. The maximum atomic E-state index is 12.8. The number of allylic oxidation sites excluding steroid dienone is 3. The van der Waals surface area contributed by atoms with Gasteiger partial charge in [0.05, 0.1) is 12.1 Å². The normalized spacial score (nSPS) is 18.3. The van der Waals surface area contributed by atoms with E-state index in [1.807, 2.05) is 6.92 Å². The molecule has 2 amide bonds. The number of halogens is 1. The topological polar surface area (TPSA) is 37.4 Å². The Kier molecular flexibility index (Phi) is 3.37. The number of rotatable bonds is 2. The van der Waals surface area contributed by atoms with E-state index in [0.29, 0.717) is 11.3 Å². The van der Waals surface area contributed by atoms with Gasteiger partial charge in [0.2, 0.25) is 5.91 Å². The predicted octanol–water partition coefficient (Wildman–Crippen LogP) is 2.59. The van der Waals surface area contributed by atoms with Gasteiger partial charge in [-0.15, -0.1) is 0 Å². The lowest BCUT2D eigenvalue weighted by atomic mass is 10.2. The molecule has 0 N–H and O–H groups in total. The first-order chi connectivity index (χ1) is 8.63. The molecule has 1 fully saturated rings. The van der Waals surface area contributed by atoms with Gasteiger partial charge in [-0.3, -0.25) is 9.59 Å². The quantitative estimate of drug-likeness (QED) is 0.593. The van der Waals surface area contributed by atoms with Crippen LogP contribution >= 0.6 is 0 Å². The van der Waals surface area contributed by atoms with Gasteiger partial charge in [0.25, 0.3) is 5.91 Å². The zero-order chi connectivity index (χ0) is 13.1. The van der Waals surface area contributed by atoms with Gasteiger partial charge in [-0.25, -0.2) is 9.29 Å². The van der Waals surface area contributed by atoms with Crippen molar-refractivity contribution in [1.29, 1.82) is 0 Å². The molecule has 1 aromatic carbocycles. The lowest BCUT2D eigenvalue weighted by molar-refractivity contribution is -0.120. The third-order valence-corrected chi connectivity index (χ3v) is 2.64. The second kappa shape index (κ2) is 4.96. The van der Waals surface area contributed by atoms with Crippen LogP contribution in [-0.4, -0.2) is 11.8 Å². The average molecular weight is 245 g/mol. The Hall–Kier alpha value is -2.23. The molecule has 18 heavy (non-hydrogen) atoms. The van der Waals surface area contributed by atoms with Crippen LogP contribution in [0.4, 0.5) is 10.1 Å². The fraction of sp³-hybridized carbons (Fsp3) is 0.143. The number of carbonyl (C=O) groups is 2. The number of anilines is 1. The second-order valence-electron chi connectivity index (χ2n) is 3.91. The van der Waals surface area contributed by atoms with Gasteiger partial charge in [0, 0.05) is 5.57 Å². The summed E-state index contributed by atoms with van der Waals surface area (Å²) in [5.74, 6) is -1.03. The van der Waals surface area contributed by atoms with E-state index in [9.17, 15) is 14.0 Å². The Labute approximate surface area is 104 Å². The first-order valence-corrected chi connectivity index (χ1v) is 5.58. The molecule has 0 radical (unpaired) electrons. The fourth-order valence-corrected chi connectivity index (χ4v) is 1.77. The summed E-state index contributed by atoms with van der Waals surface area (Å²) in [5.41, 5.74) is 0.845. The predicted molar refractivity (Wildman–Crippen MR) is 66.4 cm³/mol. The average Bonchev–Trinajstić information content (AvgIpc) is 2.63. The zero-order valence-corrected chi connectivity index (χ0v) is 9.89. The van der Waals surface area contributed by atoms with Crippen molar-refractivity contribution < 1.29 is 14.0 Å². The summed E-state index contributed by atoms with van der Waals surface area (Å²) in [5, 5.41) is 0. The smallest absolute Gasteiger partial charge is 0.261 e. The van der Waals surface area contributed by atoms with E-state index in [0.717, 1.165) is 4.90 Å². The van der Waals surface area contributed by atoms with E-state index in [-0.39, 0.29) is 18.2 Å². The number of hydrogen-bond donors (Lipinski definition) is 0. The van der Waals surface area contributed by atoms with Gasteiger partial charge in [-0.2, -0.15) is 0 Å². The van der Waals surface area contributed by atoms with Gasteiger partial charge < -0.3 is 0 Å². The summed E-state index contributed by atoms with van der Waals surface area (Å²) in [6.07, 6.45) is 5.21. The molecule has 1 aliphatic rings. The molecule has 0 atom stereocenters. The molecule has 0 aliphatic carbocycles. The summed E-state index contributed by atoms with van der Waals surface area (Å²) in [7, 11) is 0. The van der Waals surface area contributed by atoms with Crippen LogP contribution < -0.4 is 4.90 Å². The summed E-state index contributed by atoms with van der Waals surface area (Å²) < 4.78 is 12.8. The molecule has 4 heteroatoms. The van der Waals surface area contributed by atoms with Gasteiger partial charge in [0.15, 0.2) is 0 Å². The highest BCUT2D eigenvalue weighted by molar-refractivity contribution is 6.28. The molecular formula is C14H12FNO2. The number of nitrogens with zero attached hydrogens (tertiary/aromatic N) is 1. The molecule has 92 valence electrons. The van der Waals surface area contributed by atoms with E-state index < -0.39 is 5.82 Å². The van der Waals surface area contributed by atoms with E-state index in [4.69, 9.17) is 0 Å². The summed E-state index contributed by atoms with van der Waals surface area (Å²) in [6.45, 7) is 1.83. The van der Waals surface area contributed by atoms with Crippen LogP contribution in [0.2, 0.25) is 0 Å². The molecule has 0 unspecified atom stereocenters. The first-order valence-electron chi connectivity index (χ1n) is 5.58. The van der Waals surface area contributed by atoms with Crippen LogP contribution in [0, 0.1) is 5.82 Å². The van der Waals surface area contributed by atoms with Crippen LogP contribution in [0.3, 0.4) is 0 Å². The number of benzene rings is 1. The van der Waals surface area contributed by atoms with Crippen molar-refractivity contribution in [2.24, 2.45) is 0 Å². The van der Waals surface area contributed by atoms with Crippen molar-refractivity contribution >= 4 is 17.5 Å². The molecule has 1 heterocycles. The first kappa shape index (κ1) is 12.2. The molecule has 0 saturated carbocycles. The number of imide groups is 1. The maximum absolute atomic E-state index is 12.8. The monoisotopic (exact) mass is 245 g/mol. The van der Waals surface area contributed by atoms with Crippen molar-refractivity contribution in [2.45, 2.75) is 13.3 Å². The summed E-state index contributed by atoms with van der Waals surface area (Å²) in [4.78, 5) is 24.9. The maximum Gasteiger partial charge on any atom is 0.261 e.